The van der Waals surface area contributed by atoms with Crippen molar-refractivity contribution in [2.75, 3.05) is 0 Å². The molecule has 0 saturated heterocycles. The second kappa shape index (κ2) is 11.9. The molecule has 86 valence electrons. The van der Waals surface area contributed by atoms with Crippen molar-refractivity contribution in [3.8, 4) is 0 Å². The zero-order valence-corrected chi connectivity index (χ0v) is 13.1. The minimum atomic E-state index is 0. The van der Waals surface area contributed by atoms with Crippen molar-refractivity contribution >= 4 is 15.2 Å². The number of hydrogen-bond donors (Lipinski definition) is 0. The third-order valence-electron chi connectivity index (χ3n) is 1.60. The monoisotopic (exact) mass is 234 g/mol. The summed E-state index contributed by atoms with van der Waals surface area (Å²) in [5.41, 5.74) is 0.522. The van der Waals surface area contributed by atoms with Gasteiger partial charge in [0.05, 0.1) is 0 Å². The van der Waals surface area contributed by atoms with Gasteiger partial charge in [-0.2, -0.15) is 0 Å². The van der Waals surface area contributed by atoms with E-state index in [0.29, 0.717) is 5.41 Å². The van der Waals surface area contributed by atoms with Gasteiger partial charge in [0, 0.05) is 0 Å². The van der Waals surface area contributed by atoms with Crippen LogP contribution in [0.25, 0.3) is 0 Å². The van der Waals surface area contributed by atoms with Crippen LogP contribution < -0.4 is 12.4 Å². The van der Waals surface area contributed by atoms with Crippen LogP contribution in [0.2, 0.25) is 10.6 Å². The Morgan fingerprint density at radius 1 is 1.00 bits per heavy atom. The first-order chi connectivity index (χ1) is 5.83. The second-order valence-corrected chi connectivity index (χ2v) is 7.47. The van der Waals surface area contributed by atoms with Crippen molar-refractivity contribution in [2.45, 2.75) is 65.5 Å². The van der Waals surface area contributed by atoms with Crippen LogP contribution in [0.1, 0.15) is 54.9 Å². The zero-order chi connectivity index (χ0) is 10.9. The topological polar surface area (TPSA) is 0 Å². The second-order valence-electron chi connectivity index (χ2n) is 5.26. The molecule has 0 amide bonds. The third kappa shape index (κ3) is 29.3. The summed E-state index contributed by atoms with van der Waals surface area (Å²) >= 11 is 0.815. The van der Waals surface area contributed by atoms with Crippen molar-refractivity contribution in [2.24, 2.45) is 11.3 Å². The molecule has 0 nitrogen and oxygen atoms in total. The molecule has 0 aliphatic carbocycles. The molecule has 0 aromatic rings. The number of hydrogen-bond acceptors (Lipinski definition) is 0. The Morgan fingerprint density at radius 3 is 1.36 bits per heavy atom. The molecule has 0 aromatic heterocycles. The Labute approximate surface area is 104 Å². The fraction of sp³-hybridized carbons (Fsp3) is 1.00. The van der Waals surface area contributed by atoms with Gasteiger partial charge in [-0.3, -0.25) is 0 Å². The molecule has 0 aliphatic rings. The Bertz CT molecular complexity index is 93.0. The minimum Gasteiger partial charge on any atom is -1.00 e. The Hall–Kier alpha value is 0.822. The maximum absolute atomic E-state index is 2.28. The van der Waals surface area contributed by atoms with E-state index in [0.717, 1.165) is 21.1 Å². The van der Waals surface area contributed by atoms with Gasteiger partial charge >= 0.3 is 39.6 Å². The fourth-order valence-electron chi connectivity index (χ4n) is 1.51. The standard InChI is InChI=1S/C8H18.2C2H5.Al.ClH/c1-7(2)6-8(3,4)5;2*1-2;;/h7H,6H2,1-5H3;2*1H2,2H3;;1H/q;;;+1;/p-1. The van der Waals surface area contributed by atoms with E-state index in [2.05, 4.69) is 48.5 Å². The molecule has 0 N–H and O–H groups in total. The maximum Gasteiger partial charge on any atom is -1.00 e. The van der Waals surface area contributed by atoms with Crippen LogP contribution in [0.5, 0.6) is 0 Å². The molecule has 0 atom stereocenters. The van der Waals surface area contributed by atoms with Gasteiger partial charge in [-0.05, 0) is 17.8 Å². The summed E-state index contributed by atoms with van der Waals surface area (Å²) in [7, 11) is 0. The smallest absolute Gasteiger partial charge is 1.00 e. The molecule has 0 fully saturated rings. The first-order valence-corrected chi connectivity index (χ1v) is 7.28. The van der Waals surface area contributed by atoms with Crippen LogP contribution >= 0.6 is 0 Å². The number of halogens is 1. The molecule has 0 unspecified atom stereocenters. The van der Waals surface area contributed by atoms with Crippen molar-refractivity contribution in [1.29, 1.82) is 0 Å². The maximum atomic E-state index is 2.28. The summed E-state index contributed by atoms with van der Waals surface area (Å²) < 4.78 is 0. The van der Waals surface area contributed by atoms with Gasteiger partial charge in [0.25, 0.3) is 0 Å². The summed E-state index contributed by atoms with van der Waals surface area (Å²) in [6, 6.07) is 0. The first-order valence-electron chi connectivity index (χ1n) is 5.65. The van der Waals surface area contributed by atoms with Crippen LogP contribution in [0.15, 0.2) is 0 Å². The van der Waals surface area contributed by atoms with Gasteiger partial charge in [-0.1, -0.05) is 34.6 Å². The van der Waals surface area contributed by atoms with Crippen LogP contribution in [0.3, 0.4) is 0 Å². The molecule has 2 heteroatoms. The molecule has 0 radical (unpaired) electrons. The molecular formula is C12H28AlCl. The van der Waals surface area contributed by atoms with E-state index in [4.69, 9.17) is 0 Å². The van der Waals surface area contributed by atoms with Crippen LogP contribution in [0.4, 0.5) is 0 Å². The SMILES string of the molecule is CC(C)CC(C)(C)C.C[CH2][Al+][CH2]C.[Cl-]. The van der Waals surface area contributed by atoms with E-state index in [-0.39, 0.29) is 12.4 Å². The Kier molecular flexibility index (Phi) is 17.2. The summed E-state index contributed by atoms with van der Waals surface area (Å²) in [6.45, 7) is 15.9. The molecule has 0 saturated carbocycles. The predicted molar refractivity (Wildman–Crippen MR) is 65.6 cm³/mol. The van der Waals surface area contributed by atoms with Gasteiger partial charge in [0.2, 0.25) is 0 Å². The van der Waals surface area contributed by atoms with Gasteiger partial charge in [-0.25, -0.2) is 0 Å². The van der Waals surface area contributed by atoms with E-state index in [1.807, 2.05) is 0 Å². The molecule has 0 rings (SSSR count). The van der Waals surface area contributed by atoms with E-state index in [1.54, 1.807) is 0 Å². The van der Waals surface area contributed by atoms with Crippen LogP contribution in [-0.2, 0) is 0 Å². The summed E-state index contributed by atoms with van der Waals surface area (Å²) in [5, 5.41) is 2.85. The average molecular weight is 235 g/mol. The van der Waals surface area contributed by atoms with E-state index >= 15 is 0 Å². The molecule has 0 heterocycles. The van der Waals surface area contributed by atoms with Crippen molar-refractivity contribution in [1.82, 2.24) is 0 Å². The summed E-state index contributed by atoms with van der Waals surface area (Å²) in [6.07, 6.45) is 1.33. The fourth-order valence-corrected chi connectivity index (χ4v) is 2.09. The summed E-state index contributed by atoms with van der Waals surface area (Å²) in [5.74, 6) is 0.843. The largest absolute Gasteiger partial charge is 1.00 e. The third-order valence-corrected chi connectivity index (χ3v) is 2.75. The summed E-state index contributed by atoms with van der Waals surface area (Å²) in [4.78, 5) is 0. The molecule has 14 heavy (non-hydrogen) atoms. The predicted octanol–water partition coefficient (Wildman–Crippen LogP) is 1.65. The van der Waals surface area contributed by atoms with E-state index in [1.165, 1.54) is 17.0 Å². The molecule has 0 aliphatic heterocycles. The molecule has 0 bridgehead atoms. The zero-order valence-electron chi connectivity index (χ0n) is 11.2. The van der Waals surface area contributed by atoms with Gasteiger partial charge in [0.15, 0.2) is 0 Å². The average Bonchev–Trinajstić information content (AvgIpc) is 1.84. The minimum absolute atomic E-state index is 0. The van der Waals surface area contributed by atoms with Crippen LogP contribution in [0, 0.1) is 11.3 Å². The van der Waals surface area contributed by atoms with Crippen molar-refractivity contribution in [3.05, 3.63) is 0 Å². The van der Waals surface area contributed by atoms with Gasteiger partial charge in [-0.15, -0.1) is 0 Å². The molecular weight excluding hydrogens is 207 g/mol. The van der Waals surface area contributed by atoms with Gasteiger partial charge < -0.3 is 12.4 Å². The van der Waals surface area contributed by atoms with Crippen molar-refractivity contribution in [3.63, 3.8) is 0 Å². The van der Waals surface area contributed by atoms with Crippen molar-refractivity contribution < 1.29 is 12.4 Å². The number of rotatable bonds is 3. The Morgan fingerprint density at radius 2 is 1.36 bits per heavy atom. The normalized spacial score (nSPS) is 9.71. The van der Waals surface area contributed by atoms with E-state index < -0.39 is 0 Å². The first kappa shape index (κ1) is 20.3. The molecule has 0 aromatic carbocycles. The van der Waals surface area contributed by atoms with Crippen LogP contribution in [-0.4, -0.2) is 15.2 Å². The molecule has 0 spiro atoms. The van der Waals surface area contributed by atoms with Gasteiger partial charge in [0.1, 0.15) is 0 Å². The Balaban J connectivity index is -0.000000177. The van der Waals surface area contributed by atoms with E-state index in [9.17, 15) is 0 Å². The quantitative estimate of drug-likeness (QED) is 0.652.